The van der Waals surface area contributed by atoms with Gasteiger partial charge in [0.2, 0.25) is 0 Å². The van der Waals surface area contributed by atoms with E-state index in [4.69, 9.17) is 11.6 Å². The van der Waals surface area contributed by atoms with Crippen molar-refractivity contribution in [2.24, 2.45) is 7.05 Å². The number of aryl methyl sites for hydroxylation is 2. The van der Waals surface area contributed by atoms with Gasteiger partial charge in [-0.15, -0.1) is 0 Å². The molecule has 0 atom stereocenters. The van der Waals surface area contributed by atoms with Gasteiger partial charge in [0.25, 0.3) is 11.8 Å². The van der Waals surface area contributed by atoms with E-state index >= 15 is 0 Å². The number of hydrazine groups is 1. The first-order valence-electron chi connectivity index (χ1n) is 6.93. The zero-order valence-corrected chi connectivity index (χ0v) is 13.8. The molecule has 0 saturated heterocycles. The van der Waals surface area contributed by atoms with Gasteiger partial charge in [-0.3, -0.25) is 25.1 Å². The second kappa shape index (κ2) is 7.11. The molecule has 0 spiro atoms. The Kier molecular flexibility index (Phi) is 5.18. The lowest BCUT2D eigenvalue weighted by atomic mass is 10.2. The molecule has 1 heterocycles. The van der Waals surface area contributed by atoms with Crippen molar-refractivity contribution in [1.29, 1.82) is 0 Å². The Morgan fingerprint density at radius 1 is 1.22 bits per heavy atom. The molecule has 0 bridgehead atoms. The quantitative estimate of drug-likeness (QED) is 0.668. The van der Waals surface area contributed by atoms with Crippen LogP contribution in [0.4, 0.5) is 0 Å². The van der Waals surface area contributed by atoms with E-state index in [1.165, 1.54) is 6.08 Å². The van der Waals surface area contributed by atoms with Gasteiger partial charge in [-0.2, -0.15) is 5.10 Å². The number of hydrogen-bond acceptors (Lipinski definition) is 3. The van der Waals surface area contributed by atoms with Crippen LogP contribution in [-0.2, 0) is 11.8 Å². The summed E-state index contributed by atoms with van der Waals surface area (Å²) in [5.74, 6) is -0.931. The number of benzene rings is 1. The van der Waals surface area contributed by atoms with Gasteiger partial charge in [0.15, 0.2) is 0 Å². The molecule has 2 N–H and O–H groups in total. The highest BCUT2D eigenvalue weighted by molar-refractivity contribution is 6.33. The maximum Gasteiger partial charge on any atom is 0.271 e. The summed E-state index contributed by atoms with van der Waals surface area (Å²) in [7, 11) is 1.84. The van der Waals surface area contributed by atoms with Crippen LogP contribution in [0.1, 0.15) is 27.3 Å². The minimum absolute atomic E-state index is 0.289. The predicted molar refractivity (Wildman–Crippen MR) is 88.8 cm³/mol. The van der Waals surface area contributed by atoms with E-state index in [1.54, 1.807) is 35.0 Å². The summed E-state index contributed by atoms with van der Waals surface area (Å²) in [6, 6.07) is 6.59. The molecule has 0 aliphatic heterocycles. The summed E-state index contributed by atoms with van der Waals surface area (Å²) in [6.45, 7) is 3.78. The maximum absolute atomic E-state index is 11.9. The monoisotopic (exact) mass is 332 g/mol. The van der Waals surface area contributed by atoms with Crippen molar-refractivity contribution in [3.63, 3.8) is 0 Å². The molecule has 0 aliphatic rings. The molecule has 0 unspecified atom stereocenters. The molecule has 0 saturated carbocycles. The molecular formula is C16H17ClN4O2. The predicted octanol–water partition coefficient (Wildman–Crippen LogP) is 2.16. The van der Waals surface area contributed by atoms with Crippen molar-refractivity contribution in [2.45, 2.75) is 13.8 Å². The molecule has 0 aliphatic carbocycles. The summed E-state index contributed by atoms with van der Waals surface area (Å²) in [6.07, 6.45) is 3.00. The van der Waals surface area contributed by atoms with Crippen LogP contribution < -0.4 is 10.9 Å². The lowest BCUT2D eigenvalue weighted by molar-refractivity contribution is -0.117. The molecule has 2 amide bonds. The number of carbonyl (C=O) groups is 2. The molecule has 2 rings (SSSR count). The average molecular weight is 333 g/mol. The first kappa shape index (κ1) is 16.8. The number of aromatic nitrogens is 2. The van der Waals surface area contributed by atoms with Gasteiger partial charge >= 0.3 is 0 Å². The summed E-state index contributed by atoms with van der Waals surface area (Å²) in [5, 5.41) is 4.58. The van der Waals surface area contributed by atoms with Crippen LogP contribution in [0, 0.1) is 13.8 Å². The lowest BCUT2D eigenvalue weighted by Crippen LogP contribution is -2.40. The van der Waals surface area contributed by atoms with Gasteiger partial charge in [-0.1, -0.05) is 23.7 Å². The Bertz CT molecular complexity index is 780. The molecule has 23 heavy (non-hydrogen) atoms. The maximum atomic E-state index is 11.9. The van der Waals surface area contributed by atoms with E-state index < -0.39 is 11.8 Å². The summed E-state index contributed by atoms with van der Waals surface area (Å²) in [5.41, 5.74) is 7.57. The Balaban J connectivity index is 1.96. The number of nitrogens with zero attached hydrogens (tertiary/aromatic N) is 2. The summed E-state index contributed by atoms with van der Waals surface area (Å²) >= 11 is 5.92. The second-order valence-corrected chi connectivity index (χ2v) is 5.37. The first-order valence-corrected chi connectivity index (χ1v) is 7.31. The van der Waals surface area contributed by atoms with E-state index in [2.05, 4.69) is 16.0 Å². The summed E-state index contributed by atoms with van der Waals surface area (Å²) in [4.78, 5) is 23.7. The molecule has 1 aromatic heterocycles. The smallest absolute Gasteiger partial charge is 0.271 e. The number of rotatable bonds is 3. The topological polar surface area (TPSA) is 76.0 Å². The Hall–Kier alpha value is -2.60. The molecule has 1 aromatic carbocycles. The molecule has 2 aromatic rings. The van der Waals surface area contributed by atoms with Crippen LogP contribution in [0.3, 0.4) is 0 Å². The van der Waals surface area contributed by atoms with Gasteiger partial charge < -0.3 is 0 Å². The van der Waals surface area contributed by atoms with E-state index in [0.717, 1.165) is 17.0 Å². The number of hydrogen-bond donors (Lipinski definition) is 2. The van der Waals surface area contributed by atoms with Gasteiger partial charge in [0.1, 0.15) is 0 Å². The highest BCUT2D eigenvalue weighted by Crippen LogP contribution is 2.14. The summed E-state index contributed by atoms with van der Waals surface area (Å²) < 4.78 is 1.74. The second-order valence-electron chi connectivity index (χ2n) is 4.96. The van der Waals surface area contributed by atoms with Crippen LogP contribution >= 0.6 is 11.6 Å². The van der Waals surface area contributed by atoms with Gasteiger partial charge in [-0.05, 0) is 32.1 Å². The SMILES string of the molecule is Cc1nn(C)c(C)c1C=CC(=O)NNC(=O)c1ccccc1Cl. The molecule has 120 valence electrons. The van der Waals surface area contributed by atoms with Crippen molar-refractivity contribution >= 4 is 29.5 Å². The zero-order chi connectivity index (χ0) is 17.0. The molecule has 0 radical (unpaired) electrons. The van der Waals surface area contributed by atoms with Crippen LogP contribution in [0.2, 0.25) is 5.02 Å². The van der Waals surface area contributed by atoms with Crippen LogP contribution in [0.25, 0.3) is 6.08 Å². The van der Waals surface area contributed by atoms with Crippen LogP contribution in [0.5, 0.6) is 0 Å². The van der Waals surface area contributed by atoms with E-state index in [0.29, 0.717) is 5.02 Å². The molecule has 0 fully saturated rings. The molecule has 7 heteroatoms. The largest absolute Gasteiger partial charge is 0.272 e. The van der Waals surface area contributed by atoms with Crippen LogP contribution in [0.15, 0.2) is 30.3 Å². The van der Waals surface area contributed by atoms with Gasteiger partial charge in [0.05, 0.1) is 16.3 Å². The normalized spacial score (nSPS) is 10.8. The minimum atomic E-state index is -0.480. The van der Waals surface area contributed by atoms with E-state index in [1.807, 2.05) is 20.9 Å². The van der Waals surface area contributed by atoms with E-state index in [9.17, 15) is 9.59 Å². The highest BCUT2D eigenvalue weighted by atomic mass is 35.5. The molecular weight excluding hydrogens is 316 g/mol. The Morgan fingerprint density at radius 2 is 1.91 bits per heavy atom. The average Bonchev–Trinajstić information content (AvgIpc) is 2.76. The van der Waals surface area contributed by atoms with Gasteiger partial charge in [0, 0.05) is 24.4 Å². The number of amides is 2. The standard InChI is InChI=1S/C16H17ClN4O2/c1-10-12(11(2)21(3)20-10)8-9-15(22)18-19-16(23)13-6-4-5-7-14(13)17/h4-9H,1-3H3,(H,18,22)(H,19,23). The van der Waals surface area contributed by atoms with Crippen LogP contribution in [-0.4, -0.2) is 21.6 Å². The third-order valence-corrected chi connectivity index (χ3v) is 3.71. The van der Waals surface area contributed by atoms with Gasteiger partial charge in [-0.25, -0.2) is 0 Å². The fourth-order valence-corrected chi connectivity index (χ4v) is 2.28. The fraction of sp³-hybridized carbons (Fsp3) is 0.188. The van der Waals surface area contributed by atoms with Crippen molar-refractivity contribution < 1.29 is 9.59 Å². The number of nitrogens with one attached hydrogen (secondary N) is 2. The Morgan fingerprint density at radius 3 is 2.52 bits per heavy atom. The van der Waals surface area contributed by atoms with E-state index in [-0.39, 0.29) is 5.56 Å². The third-order valence-electron chi connectivity index (χ3n) is 3.38. The molecule has 6 nitrogen and oxygen atoms in total. The van der Waals surface area contributed by atoms with Crippen molar-refractivity contribution in [1.82, 2.24) is 20.6 Å². The zero-order valence-electron chi connectivity index (χ0n) is 13.1. The number of halogens is 1. The number of carbonyl (C=O) groups excluding carboxylic acids is 2. The van der Waals surface area contributed by atoms with Crippen molar-refractivity contribution in [3.05, 3.63) is 57.9 Å². The lowest BCUT2D eigenvalue weighted by Gasteiger charge is -2.06. The van der Waals surface area contributed by atoms with Crippen molar-refractivity contribution in [3.8, 4) is 0 Å². The third kappa shape index (κ3) is 3.98. The Labute approximate surface area is 139 Å². The fourth-order valence-electron chi connectivity index (χ4n) is 2.06. The minimum Gasteiger partial charge on any atom is -0.272 e. The first-order chi connectivity index (χ1) is 10.9. The van der Waals surface area contributed by atoms with Crippen molar-refractivity contribution in [2.75, 3.05) is 0 Å². The highest BCUT2D eigenvalue weighted by Gasteiger charge is 2.10.